The van der Waals surface area contributed by atoms with Gasteiger partial charge in [0.25, 0.3) is 5.78 Å². The number of carbonyl (C=O) groups excluding carboxylic acids is 2. The van der Waals surface area contributed by atoms with Gasteiger partial charge in [-0.3, -0.25) is 4.79 Å². The van der Waals surface area contributed by atoms with Crippen LogP contribution in [0.3, 0.4) is 0 Å². The summed E-state index contributed by atoms with van der Waals surface area (Å²) in [5, 5.41) is 0.0846. The van der Waals surface area contributed by atoms with Gasteiger partial charge in [-0.25, -0.2) is 14.2 Å². The average molecular weight is 396 g/mol. The van der Waals surface area contributed by atoms with Crippen molar-refractivity contribution < 1.29 is 18.7 Å². The fourth-order valence-electron chi connectivity index (χ4n) is 2.39. The SMILES string of the molecule is C=C(Cc1c(-c2ccc(C)cc2F)cc(Cl)nc1Cl)C(=O)C(=O)OCC. The molecule has 4 nitrogen and oxygen atoms in total. The van der Waals surface area contributed by atoms with Crippen LogP contribution in [0.5, 0.6) is 0 Å². The van der Waals surface area contributed by atoms with Gasteiger partial charge < -0.3 is 4.74 Å². The second-order valence-corrected chi connectivity index (χ2v) is 6.32. The molecule has 136 valence electrons. The van der Waals surface area contributed by atoms with Crippen molar-refractivity contribution in [2.45, 2.75) is 20.3 Å². The smallest absolute Gasteiger partial charge is 0.379 e. The van der Waals surface area contributed by atoms with Crippen molar-refractivity contribution in [1.29, 1.82) is 0 Å². The van der Waals surface area contributed by atoms with Crippen LogP contribution in [-0.2, 0) is 20.7 Å². The quantitative estimate of drug-likeness (QED) is 0.307. The molecule has 0 fully saturated rings. The molecule has 0 amide bonds. The van der Waals surface area contributed by atoms with Crippen LogP contribution in [0.4, 0.5) is 4.39 Å². The molecule has 26 heavy (non-hydrogen) atoms. The average Bonchev–Trinajstić information content (AvgIpc) is 2.56. The number of hydrogen-bond donors (Lipinski definition) is 0. The van der Waals surface area contributed by atoms with E-state index in [4.69, 9.17) is 23.2 Å². The topological polar surface area (TPSA) is 56.3 Å². The standard InChI is InChI=1S/C19H16Cl2FNO3/c1-4-26-19(25)17(24)11(3)8-14-13(9-16(20)23-18(14)21)12-6-5-10(2)7-15(12)22/h5-7,9H,3-4,8H2,1-2H3. The lowest BCUT2D eigenvalue weighted by Gasteiger charge is -2.14. The van der Waals surface area contributed by atoms with Crippen LogP contribution >= 0.6 is 23.2 Å². The molecule has 0 atom stereocenters. The maximum atomic E-state index is 14.4. The number of rotatable bonds is 6. The van der Waals surface area contributed by atoms with Gasteiger partial charge in [0, 0.05) is 23.1 Å². The van der Waals surface area contributed by atoms with Gasteiger partial charge >= 0.3 is 5.97 Å². The molecule has 0 saturated heterocycles. The first kappa shape index (κ1) is 20.1. The molecule has 0 unspecified atom stereocenters. The maximum Gasteiger partial charge on any atom is 0.379 e. The maximum absolute atomic E-state index is 14.4. The number of pyridine rings is 1. The summed E-state index contributed by atoms with van der Waals surface area (Å²) in [5.41, 5.74) is 1.70. The first-order valence-corrected chi connectivity index (χ1v) is 8.50. The highest BCUT2D eigenvalue weighted by atomic mass is 35.5. The summed E-state index contributed by atoms with van der Waals surface area (Å²) < 4.78 is 19.1. The van der Waals surface area contributed by atoms with Gasteiger partial charge in [-0.05, 0) is 37.1 Å². The van der Waals surface area contributed by atoms with Crippen molar-refractivity contribution in [1.82, 2.24) is 4.98 Å². The highest BCUT2D eigenvalue weighted by Gasteiger charge is 2.23. The third kappa shape index (κ3) is 4.48. The predicted molar refractivity (Wildman–Crippen MR) is 98.9 cm³/mol. The molecule has 0 N–H and O–H groups in total. The number of aryl methyl sites for hydroxylation is 1. The fraction of sp³-hybridized carbons (Fsp3) is 0.211. The summed E-state index contributed by atoms with van der Waals surface area (Å²) in [6.45, 7) is 7.05. The van der Waals surface area contributed by atoms with Crippen molar-refractivity contribution >= 4 is 35.0 Å². The van der Waals surface area contributed by atoms with Gasteiger partial charge in [0.1, 0.15) is 16.1 Å². The summed E-state index contributed by atoms with van der Waals surface area (Å²) in [4.78, 5) is 27.6. The highest BCUT2D eigenvalue weighted by molar-refractivity contribution is 6.40. The highest BCUT2D eigenvalue weighted by Crippen LogP contribution is 2.34. The number of hydrogen-bond acceptors (Lipinski definition) is 4. The second-order valence-electron chi connectivity index (χ2n) is 5.58. The summed E-state index contributed by atoms with van der Waals surface area (Å²) >= 11 is 12.1. The molecular weight excluding hydrogens is 380 g/mol. The van der Waals surface area contributed by atoms with Gasteiger partial charge in [0.15, 0.2) is 0 Å². The van der Waals surface area contributed by atoms with E-state index >= 15 is 0 Å². The number of benzene rings is 1. The van der Waals surface area contributed by atoms with Crippen LogP contribution in [0.15, 0.2) is 36.4 Å². The Kier molecular flexibility index (Phi) is 6.51. The van der Waals surface area contributed by atoms with Crippen molar-refractivity contribution in [3.63, 3.8) is 0 Å². The summed E-state index contributed by atoms with van der Waals surface area (Å²) in [6.07, 6.45) is -0.0939. The Bertz CT molecular complexity index is 897. The minimum absolute atomic E-state index is 0.00489. The molecule has 0 aliphatic carbocycles. The molecular formula is C19H16Cl2FNO3. The predicted octanol–water partition coefficient (Wildman–Crippen LogP) is 4.73. The van der Waals surface area contributed by atoms with E-state index in [1.807, 2.05) is 0 Å². The number of aromatic nitrogens is 1. The molecule has 7 heteroatoms. The molecule has 0 spiro atoms. The minimum Gasteiger partial charge on any atom is -0.460 e. The van der Waals surface area contributed by atoms with E-state index in [0.29, 0.717) is 11.1 Å². The van der Waals surface area contributed by atoms with Crippen LogP contribution < -0.4 is 0 Å². The summed E-state index contributed by atoms with van der Waals surface area (Å²) in [5.74, 6) is -2.33. The zero-order valence-corrected chi connectivity index (χ0v) is 15.7. The van der Waals surface area contributed by atoms with Crippen LogP contribution in [0.1, 0.15) is 18.1 Å². The largest absolute Gasteiger partial charge is 0.460 e. The number of ether oxygens (including phenoxy) is 1. The molecule has 1 aromatic carbocycles. The number of Topliss-reactive ketones (excluding diaryl/α,β-unsaturated/α-hetero) is 1. The molecule has 0 radical (unpaired) electrons. The molecule has 1 heterocycles. The number of carbonyl (C=O) groups is 2. The van der Waals surface area contributed by atoms with E-state index in [9.17, 15) is 14.0 Å². The van der Waals surface area contributed by atoms with Crippen LogP contribution in [0.25, 0.3) is 11.1 Å². The van der Waals surface area contributed by atoms with E-state index in [1.165, 1.54) is 12.1 Å². The zero-order valence-electron chi connectivity index (χ0n) is 14.2. The third-order valence-corrected chi connectivity index (χ3v) is 4.14. The van der Waals surface area contributed by atoms with Gasteiger partial charge in [0.05, 0.1) is 6.61 Å². The lowest BCUT2D eigenvalue weighted by molar-refractivity contribution is -0.151. The van der Waals surface area contributed by atoms with Gasteiger partial charge in [-0.2, -0.15) is 0 Å². The summed E-state index contributed by atoms with van der Waals surface area (Å²) in [6, 6.07) is 6.16. The lowest BCUT2D eigenvalue weighted by atomic mass is 9.95. The van der Waals surface area contributed by atoms with E-state index in [0.717, 1.165) is 5.56 Å². The van der Waals surface area contributed by atoms with Gasteiger partial charge in [0.2, 0.25) is 0 Å². The first-order chi connectivity index (χ1) is 12.2. The van der Waals surface area contributed by atoms with Gasteiger partial charge in [-0.1, -0.05) is 41.9 Å². The number of nitrogens with zero attached hydrogens (tertiary/aromatic N) is 1. The molecule has 1 aromatic heterocycles. The molecule has 2 aromatic rings. The van der Waals surface area contributed by atoms with E-state index in [2.05, 4.69) is 16.3 Å². The first-order valence-electron chi connectivity index (χ1n) is 7.75. The van der Waals surface area contributed by atoms with Crippen LogP contribution in [0, 0.1) is 12.7 Å². The number of esters is 1. The molecule has 0 aliphatic heterocycles. The van der Waals surface area contributed by atoms with Crippen molar-refractivity contribution in [3.05, 3.63) is 63.7 Å². The van der Waals surface area contributed by atoms with Crippen LogP contribution in [0.2, 0.25) is 10.3 Å². The number of ketones is 1. The third-order valence-electron chi connectivity index (χ3n) is 3.63. The minimum atomic E-state index is -1.00. The van der Waals surface area contributed by atoms with Crippen molar-refractivity contribution in [3.8, 4) is 11.1 Å². The Balaban J connectivity index is 2.47. The zero-order chi connectivity index (χ0) is 19.4. The molecule has 0 saturated carbocycles. The Labute approximate surface area is 160 Å². The van der Waals surface area contributed by atoms with Crippen molar-refractivity contribution in [2.24, 2.45) is 0 Å². The molecule has 0 bridgehead atoms. The monoisotopic (exact) mass is 395 g/mol. The van der Waals surface area contributed by atoms with E-state index in [1.54, 1.807) is 26.0 Å². The fourth-order valence-corrected chi connectivity index (χ4v) is 2.89. The van der Waals surface area contributed by atoms with E-state index in [-0.39, 0.29) is 34.5 Å². The molecule has 0 aliphatic rings. The molecule has 2 rings (SSSR count). The Hall–Kier alpha value is -2.24. The number of halogens is 3. The normalized spacial score (nSPS) is 10.5. The Morgan fingerprint density at radius 1 is 1.23 bits per heavy atom. The Morgan fingerprint density at radius 2 is 1.92 bits per heavy atom. The van der Waals surface area contributed by atoms with Gasteiger partial charge in [-0.15, -0.1) is 0 Å². The Morgan fingerprint density at radius 3 is 2.54 bits per heavy atom. The second kappa shape index (κ2) is 8.43. The van der Waals surface area contributed by atoms with E-state index < -0.39 is 17.6 Å². The summed E-state index contributed by atoms with van der Waals surface area (Å²) in [7, 11) is 0. The lowest BCUT2D eigenvalue weighted by Crippen LogP contribution is -2.20. The van der Waals surface area contributed by atoms with Crippen molar-refractivity contribution in [2.75, 3.05) is 6.61 Å². The van der Waals surface area contributed by atoms with Crippen LogP contribution in [-0.4, -0.2) is 23.3 Å².